The van der Waals surface area contributed by atoms with E-state index in [-0.39, 0.29) is 16.2 Å². The van der Waals surface area contributed by atoms with Gasteiger partial charge in [-0.2, -0.15) is 0 Å². The van der Waals surface area contributed by atoms with Crippen LogP contribution in [-0.2, 0) is 0 Å². The van der Waals surface area contributed by atoms with E-state index in [4.69, 9.17) is 4.74 Å². The lowest BCUT2D eigenvalue weighted by Gasteiger charge is -2.34. The Hall–Kier alpha value is 0.190. The van der Waals surface area contributed by atoms with Gasteiger partial charge in [-0.1, -0.05) is 41.5 Å². The van der Waals surface area contributed by atoms with Crippen molar-refractivity contribution in [2.24, 2.45) is 10.2 Å². The lowest BCUT2D eigenvalue weighted by Crippen LogP contribution is -2.32. The van der Waals surface area contributed by atoms with Crippen molar-refractivity contribution in [3.8, 4) is 0 Å². The number of hydrogen-bond donors (Lipinski definition) is 0. The van der Waals surface area contributed by atoms with E-state index in [9.17, 15) is 0 Å². The Labute approximate surface area is 140 Å². The maximum absolute atomic E-state index is 5.58. The van der Waals surface area contributed by atoms with E-state index in [2.05, 4.69) is 87.8 Å². The van der Waals surface area contributed by atoms with Gasteiger partial charge >= 0.3 is 0 Å². The van der Waals surface area contributed by atoms with Gasteiger partial charge in [-0.05, 0) is 59.8 Å². The molecule has 2 nitrogen and oxygen atoms in total. The van der Waals surface area contributed by atoms with Gasteiger partial charge in [-0.25, -0.2) is 0 Å². The fourth-order valence-corrected chi connectivity index (χ4v) is 10.2. The van der Waals surface area contributed by atoms with Gasteiger partial charge in [-0.3, -0.25) is 9.42 Å². The minimum atomic E-state index is -1.54. The summed E-state index contributed by atoms with van der Waals surface area (Å²) in [7, 11) is -1.54. The van der Waals surface area contributed by atoms with Crippen LogP contribution in [-0.4, -0.2) is 26.7 Å². The molecule has 1 saturated heterocycles. The smallest absolute Gasteiger partial charge is 0.0683 e. The summed E-state index contributed by atoms with van der Waals surface area (Å²) < 4.78 is 8.39. The molecule has 132 valence electrons. The van der Waals surface area contributed by atoms with Gasteiger partial charge in [0.2, 0.25) is 0 Å². The molecule has 1 aliphatic heterocycles. The van der Waals surface area contributed by atoms with Gasteiger partial charge in [-0.15, -0.1) is 0 Å². The van der Waals surface area contributed by atoms with Crippen molar-refractivity contribution in [3.05, 3.63) is 0 Å². The molecule has 0 aliphatic carbocycles. The third-order valence-corrected chi connectivity index (χ3v) is 11.2. The van der Waals surface area contributed by atoms with Crippen LogP contribution >= 0.6 is 7.21 Å². The fourth-order valence-electron chi connectivity index (χ4n) is 3.62. The third-order valence-electron chi connectivity index (χ3n) is 5.35. The Balaban J connectivity index is 3.66. The largest absolute Gasteiger partial charge is 0.280 e. The van der Waals surface area contributed by atoms with E-state index in [0.717, 1.165) is 0 Å². The molecule has 0 aromatic rings. The van der Waals surface area contributed by atoms with Gasteiger partial charge in [0.1, 0.15) is 0 Å². The average molecular weight is 329 g/mol. The van der Waals surface area contributed by atoms with Crippen molar-refractivity contribution in [2.45, 2.75) is 118 Å². The molecule has 0 radical (unpaired) electrons. The highest BCUT2D eigenvalue weighted by Crippen LogP contribution is 2.88. The molecule has 0 aromatic heterocycles. The van der Waals surface area contributed by atoms with Gasteiger partial charge in [0.25, 0.3) is 0 Å². The molecule has 1 aliphatic rings. The molecule has 22 heavy (non-hydrogen) atoms. The highest BCUT2D eigenvalue weighted by Gasteiger charge is 2.70. The molecule has 0 amide bonds. The summed E-state index contributed by atoms with van der Waals surface area (Å²) in [5.41, 5.74) is 0.538. The number of nitrogens with zero attached hydrogens (tertiary/aromatic N) is 2. The van der Waals surface area contributed by atoms with Crippen molar-refractivity contribution in [1.29, 1.82) is 0 Å². The highest BCUT2D eigenvalue weighted by molar-refractivity contribution is 7.72. The fraction of sp³-hybridized carbons (Fsp3) is 1.00. The van der Waals surface area contributed by atoms with Crippen molar-refractivity contribution in [2.75, 3.05) is 0 Å². The first kappa shape index (κ1) is 20.2. The molecular weight excluding hydrogens is 287 g/mol. The second-order valence-corrected chi connectivity index (χ2v) is 13.9. The van der Waals surface area contributed by atoms with Crippen LogP contribution in [0.25, 0.3) is 0 Å². The van der Waals surface area contributed by atoms with E-state index >= 15 is 0 Å². The van der Waals surface area contributed by atoms with Crippen LogP contribution in [0.4, 0.5) is 0 Å². The van der Waals surface area contributed by atoms with Crippen LogP contribution in [0.5, 0.6) is 0 Å². The summed E-state index contributed by atoms with van der Waals surface area (Å²) in [6.07, 6.45) is 2.41. The van der Waals surface area contributed by atoms with Gasteiger partial charge in [0.05, 0.1) is 18.5 Å². The molecular formula is C19H41N2P. The minimum Gasteiger partial charge on any atom is -0.280 e. The predicted molar refractivity (Wildman–Crippen MR) is 103 cm³/mol. The van der Waals surface area contributed by atoms with E-state index < -0.39 is 7.21 Å². The molecule has 3 unspecified atom stereocenters. The van der Waals surface area contributed by atoms with Crippen LogP contribution in [0, 0.1) is 5.41 Å². The Morgan fingerprint density at radius 2 is 1.27 bits per heavy atom. The number of rotatable bonds is 4. The number of hydrogen-bond acceptors (Lipinski definition) is 1. The summed E-state index contributed by atoms with van der Waals surface area (Å²) in [5, 5.41) is 0.282. The van der Waals surface area contributed by atoms with E-state index in [0.29, 0.717) is 11.2 Å². The van der Waals surface area contributed by atoms with Crippen LogP contribution in [0.15, 0.2) is 4.74 Å². The van der Waals surface area contributed by atoms with Gasteiger partial charge in [0.15, 0.2) is 0 Å². The van der Waals surface area contributed by atoms with Gasteiger partial charge in [0, 0.05) is 10.7 Å². The topological polar surface area (TPSA) is 15.4 Å². The molecule has 1 fully saturated rings. The van der Waals surface area contributed by atoms with Crippen molar-refractivity contribution >= 4 is 7.21 Å². The summed E-state index contributed by atoms with van der Waals surface area (Å²) >= 11 is 0. The van der Waals surface area contributed by atoms with E-state index in [1.165, 1.54) is 12.8 Å². The summed E-state index contributed by atoms with van der Waals surface area (Å²) in [6.45, 7) is 28.4. The van der Waals surface area contributed by atoms with E-state index in [1.807, 2.05) is 0 Å². The summed E-state index contributed by atoms with van der Waals surface area (Å²) in [6, 6.07) is 0. The Bertz CT molecular complexity index is 461. The maximum Gasteiger partial charge on any atom is 0.0683 e. The quantitative estimate of drug-likeness (QED) is 0.402. The lowest BCUT2D eigenvalue weighted by atomic mass is 9.89. The van der Waals surface area contributed by atoms with Gasteiger partial charge < -0.3 is 0 Å². The van der Waals surface area contributed by atoms with Crippen molar-refractivity contribution in [1.82, 2.24) is 4.67 Å². The minimum absolute atomic E-state index is 0.0300. The first-order valence-corrected chi connectivity index (χ1v) is 10.8. The molecule has 1 rings (SSSR count). The second kappa shape index (κ2) is 5.62. The van der Waals surface area contributed by atoms with E-state index in [1.54, 1.807) is 0 Å². The zero-order valence-electron chi connectivity index (χ0n) is 17.3. The maximum atomic E-state index is 5.58. The first-order chi connectivity index (χ1) is 9.57. The SMILES string of the molecule is CCC(C)(C)C1N(C(C)(C)C)P1(=NC(C)(C)C)C(C)(C)CC. The second-order valence-electron chi connectivity index (χ2n) is 10.3. The molecule has 0 spiro atoms. The Morgan fingerprint density at radius 1 is 0.818 bits per heavy atom. The molecule has 0 aromatic carbocycles. The average Bonchev–Trinajstić information content (AvgIpc) is 2.98. The lowest BCUT2D eigenvalue weighted by molar-refractivity contribution is 0.216. The molecule has 1 heterocycles. The normalized spacial score (nSPS) is 30.4. The zero-order chi connectivity index (χ0) is 17.8. The van der Waals surface area contributed by atoms with Crippen molar-refractivity contribution < 1.29 is 0 Å². The zero-order valence-corrected chi connectivity index (χ0v) is 18.2. The van der Waals surface area contributed by atoms with Crippen LogP contribution in [0.3, 0.4) is 0 Å². The Morgan fingerprint density at radius 3 is 1.55 bits per heavy atom. The summed E-state index contributed by atoms with van der Waals surface area (Å²) in [4.78, 5) is 0. The predicted octanol–water partition coefficient (Wildman–Crippen LogP) is 6.97. The third kappa shape index (κ3) is 3.34. The molecule has 3 heteroatoms. The summed E-state index contributed by atoms with van der Waals surface area (Å²) in [5.74, 6) is 0.624. The standard InChI is InChI=1S/C19H41N2P/c1-13-18(9,10)15-21(17(6,7)8)22(15,19(11,12)14-2)20-16(3,4)5/h15H,13-14H2,1-12H3. The first-order valence-electron chi connectivity index (χ1n) is 9.00. The molecule has 0 N–H and O–H groups in total. The van der Waals surface area contributed by atoms with Crippen LogP contribution in [0.1, 0.15) is 95.9 Å². The molecule has 0 bridgehead atoms. The van der Waals surface area contributed by atoms with Crippen LogP contribution < -0.4 is 0 Å². The monoisotopic (exact) mass is 328 g/mol. The molecule has 0 saturated carbocycles. The molecule has 3 atom stereocenters. The van der Waals surface area contributed by atoms with Crippen molar-refractivity contribution in [3.63, 3.8) is 0 Å². The highest BCUT2D eigenvalue weighted by atomic mass is 31.2. The van der Waals surface area contributed by atoms with Crippen LogP contribution in [0.2, 0.25) is 0 Å². The Kier molecular flexibility index (Phi) is 5.17.